The Morgan fingerprint density at radius 2 is 1.87 bits per heavy atom. The van der Waals surface area contributed by atoms with E-state index < -0.39 is 10.8 Å². The number of nitro groups is 1. The summed E-state index contributed by atoms with van der Waals surface area (Å²) in [5, 5.41) is 14.1. The smallest absolute Gasteiger partial charge is 0.270 e. The average molecular weight is 415 g/mol. The van der Waals surface area contributed by atoms with Crippen molar-refractivity contribution in [2.45, 2.75) is 13.8 Å². The van der Waals surface area contributed by atoms with E-state index in [1.807, 2.05) is 18.7 Å². The maximum atomic E-state index is 13.2. The van der Waals surface area contributed by atoms with Crippen LogP contribution in [-0.2, 0) is 4.74 Å². The molecule has 1 aliphatic rings. The molecule has 1 heterocycles. The molecule has 160 valence electrons. The molecule has 30 heavy (non-hydrogen) atoms. The zero-order valence-corrected chi connectivity index (χ0v) is 17.1. The van der Waals surface area contributed by atoms with Crippen molar-refractivity contribution in [2.75, 3.05) is 49.7 Å². The molecule has 3 rings (SSSR count). The van der Waals surface area contributed by atoms with E-state index in [9.17, 15) is 14.9 Å². The predicted octanol–water partition coefficient (Wildman–Crippen LogP) is 3.48. The minimum Gasteiger partial charge on any atom is -0.494 e. The van der Waals surface area contributed by atoms with Gasteiger partial charge in [-0.05, 0) is 32.0 Å². The maximum Gasteiger partial charge on any atom is 0.270 e. The molecule has 0 bridgehead atoms. The third kappa shape index (κ3) is 4.98. The van der Waals surface area contributed by atoms with Crippen LogP contribution in [-0.4, -0.2) is 50.3 Å². The highest BCUT2D eigenvalue weighted by atomic mass is 16.6. The fourth-order valence-corrected chi connectivity index (χ4v) is 3.23. The highest BCUT2D eigenvalue weighted by Gasteiger charge is 2.23. The number of nitrogens with one attached hydrogen (secondary N) is 1. The monoisotopic (exact) mass is 415 g/mol. The predicted molar refractivity (Wildman–Crippen MR) is 113 cm³/mol. The zero-order chi connectivity index (χ0) is 21.5. The molecule has 0 atom stereocenters. The first kappa shape index (κ1) is 21.4. The Morgan fingerprint density at radius 1 is 1.13 bits per heavy atom. The molecular weight excluding hydrogens is 390 g/mol. The van der Waals surface area contributed by atoms with Crippen molar-refractivity contribution in [3.05, 3.63) is 52.1 Å². The van der Waals surface area contributed by atoms with Gasteiger partial charge in [0, 0.05) is 31.3 Å². The van der Waals surface area contributed by atoms with Gasteiger partial charge >= 0.3 is 0 Å². The molecule has 2 aromatic carbocycles. The Hall–Kier alpha value is -3.33. The van der Waals surface area contributed by atoms with Crippen LogP contribution in [0.5, 0.6) is 11.5 Å². The third-order valence-electron chi connectivity index (χ3n) is 4.60. The van der Waals surface area contributed by atoms with E-state index >= 15 is 0 Å². The van der Waals surface area contributed by atoms with Crippen molar-refractivity contribution in [2.24, 2.45) is 0 Å². The van der Waals surface area contributed by atoms with Gasteiger partial charge in [-0.2, -0.15) is 0 Å². The summed E-state index contributed by atoms with van der Waals surface area (Å²) in [6.07, 6.45) is 0. The van der Waals surface area contributed by atoms with E-state index in [0.29, 0.717) is 62.4 Å². The number of carbonyl (C=O) groups excluding carboxylic acids is 1. The van der Waals surface area contributed by atoms with Crippen molar-refractivity contribution in [3.63, 3.8) is 0 Å². The largest absolute Gasteiger partial charge is 0.494 e. The molecule has 1 amide bonds. The minimum absolute atomic E-state index is 0.148. The summed E-state index contributed by atoms with van der Waals surface area (Å²) in [6, 6.07) is 9.48. The molecule has 0 radical (unpaired) electrons. The topological polar surface area (TPSA) is 103 Å². The van der Waals surface area contributed by atoms with Crippen LogP contribution in [0.4, 0.5) is 17.1 Å². The highest BCUT2D eigenvalue weighted by molar-refractivity contribution is 6.09. The van der Waals surface area contributed by atoms with Gasteiger partial charge in [-0.1, -0.05) is 0 Å². The second-order valence-electron chi connectivity index (χ2n) is 6.54. The zero-order valence-electron chi connectivity index (χ0n) is 17.1. The fourth-order valence-electron chi connectivity index (χ4n) is 3.23. The van der Waals surface area contributed by atoms with E-state index in [2.05, 4.69) is 5.32 Å². The number of hydrogen-bond acceptors (Lipinski definition) is 7. The second-order valence-corrected chi connectivity index (χ2v) is 6.54. The minimum atomic E-state index is -0.513. The van der Waals surface area contributed by atoms with E-state index in [0.717, 1.165) is 0 Å². The van der Waals surface area contributed by atoms with Crippen molar-refractivity contribution >= 4 is 23.0 Å². The number of hydrogen-bond donors (Lipinski definition) is 1. The number of rotatable bonds is 8. The molecule has 1 N–H and O–H groups in total. The molecular formula is C21H25N3O6. The van der Waals surface area contributed by atoms with Crippen LogP contribution in [0.1, 0.15) is 24.2 Å². The lowest BCUT2D eigenvalue weighted by atomic mass is 10.1. The Morgan fingerprint density at radius 3 is 2.53 bits per heavy atom. The molecule has 9 heteroatoms. The number of ether oxygens (including phenoxy) is 3. The van der Waals surface area contributed by atoms with Crippen molar-refractivity contribution in [1.82, 2.24) is 0 Å². The Kier molecular flexibility index (Phi) is 7.08. The first-order valence-electron chi connectivity index (χ1n) is 9.85. The van der Waals surface area contributed by atoms with Crippen LogP contribution in [0, 0.1) is 10.1 Å². The second kappa shape index (κ2) is 9.93. The number of benzene rings is 2. The highest BCUT2D eigenvalue weighted by Crippen LogP contribution is 2.32. The summed E-state index contributed by atoms with van der Waals surface area (Å²) in [6.45, 7) is 6.88. The van der Waals surface area contributed by atoms with E-state index in [1.54, 1.807) is 24.3 Å². The maximum absolute atomic E-state index is 13.2. The summed E-state index contributed by atoms with van der Waals surface area (Å²) < 4.78 is 16.5. The van der Waals surface area contributed by atoms with Crippen LogP contribution in [0.15, 0.2) is 36.4 Å². The van der Waals surface area contributed by atoms with Crippen molar-refractivity contribution in [3.8, 4) is 11.5 Å². The van der Waals surface area contributed by atoms with E-state index in [4.69, 9.17) is 14.2 Å². The Labute approximate surface area is 174 Å². The number of nitro benzene ring substituents is 1. The van der Waals surface area contributed by atoms with Gasteiger partial charge in [0.25, 0.3) is 11.6 Å². The van der Waals surface area contributed by atoms with Gasteiger partial charge < -0.3 is 24.4 Å². The van der Waals surface area contributed by atoms with Gasteiger partial charge in [0.15, 0.2) is 0 Å². The van der Waals surface area contributed by atoms with Crippen LogP contribution < -0.4 is 19.7 Å². The standard InChI is InChI=1S/C21H25N3O6/c1-3-29-16-6-8-20(30-4-2)18(14-16)22-21(25)17-13-15(24(26)27)5-7-19(17)23-9-11-28-12-10-23/h5-8,13-14H,3-4,9-12H2,1-2H3,(H,22,25). The summed E-state index contributed by atoms with van der Waals surface area (Å²) in [4.78, 5) is 25.9. The summed E-state index contributed by atoms with van der Waals surface area (Å²) >= 11 is 0. The number of non-ortho nitro benzene ring substituents is 1. The first-order valence-corrected chi connectivity index (χ1v) is 9.85. The van der Waals surface area contributed by atoms with E-state index in [1.165, 1.54) is 12.1 Å². The number of anilines is 2. The van der Waals surface area contributed by atoms with Crippen LogP contribution >= 0.6 is 0 Å². The lowest BCUT2D eigenvalue weighted by Gasteiger charge is -2.30. The fraction of sp³-hybridized carbons (Fsp3) is 0.381. The average Bonchev–Trinajstić information content (AvgIpc) is 2.76. The van der Waals surface area contributed by atoms with Gasteiger partial charge in [-0.3, -0.25) is 14.9 Å². The SMILES string of the molecule is CCOc1ccc(OCC)c(NC(=O)c2cc([N+](=O)[O-])ccc2N2CCOCC2)c1. The van der Waals surface area contributed by atoms with Gasteiger partial charge in [0.1, 0.15) is 11.5 Å². The third-order valence-corrected chi connectivity index (χ3v) is 4.60. The van der Waals surface area contributed by atoms with Crippen molar-refractivity contribution in [1.29, 1.82) is 0 Å². The molecule has 1 fully saturated rings. The molecule has 2 aromatic rings. The summed E-state index contributed by atoms with van der Waals surface area (Å²) in [7, 11) is 0. The number of nitrogens with zero attached hydrogens (tertiary/aromatic N) is 2. The summed E-state index contributed by atoms with van der Waals surface area (Å²) in [5.74, 6) is 0.617. The molecule has 0 unspecified atom stereocenters. The van der Waals surface area contributed by atoms with Crippen LogP contribution in [0.25, 0.3) is 0 Å². The molecule has 1 aliphatic heterocycles. The van der Waals surface area contributed by atoms with Crippen molar-refractivity contribution < 1.29 is 23.9 Å². The Bertz CT molecular complexity index is 912. The van der Waals surface area contributed by atoms with Gasteiger partial charge in [0.2, 0.25) is 0 Å². The molecule has 0 saturated carbocycles. The quantitative estimate of drug-likeness (QED) is 0.520. The Balaban J connectivity index is 1.96. The first-order chi connectivity index (χ1) is 14.5. The molecule has 0 spiro atoms. The molecule has 9 nitrogen and oxygen atoms in total. The molecule has 1 saturated heterocycles. The summed E-state index contributed by atoms with van der Waals surface area (Å²) in [5.41, 5.74) is 1.13. The van der Waals surface area contributed by atoms with Crippen LogP contribution in [0.3, 0.4) is 0 Å². The number of morpholine rings is 1. The lowest BCUT2D eigenvalue weighted by molar-refractivity contribution is -0.384. The van der Waals surface area contributed by atoms with Crippen LogP contribution in [0.2, 0.25) is 0 Å². The lowest BCUT2D eigenvalue weighted by Crippen LogP contribution is -2.37. The van der Waals surface area contributed by atoms with Gasteiger partial charge in [0.05, 0.1) is 48.3 Å². The normalized spacial score (nSPS) is 13.6. The number of carbonyl (C=O) groups is 1. The molecule has 0 aromatic heterocycles. The van der Waals surface area contributed by atoms with Gasteiger partial charge in [-0.15, -0.1) is 0 Å². The van der Waals surface area contributed by atoms with Gasteiger partial charge in [-0.25, -0.2) is 0 Å². The van der Waals surface area contributed by atoms with E-state index in [-0.39, 0.29) is 11.3 Å². The number of amides is 1. The molecule has 0 aliphatic carbocycles.